The minimum Gasteiger partial charge on any atom is -0.481 e. The van der Waals surface area contributed by atoms with Crippen LogP contribution >= 0.6 is 0 Å². The van der Waals surface area contributed by atoms with Gasteiger partial charge in [-0.3, -0.25) is 9.59 Å². The van der Waals surface area contributed by atoms with Gasteiger partial charge < -0.3 is 15.1 Å². The molecule has 13 heavy (non-hydrogen) atoms. The molecule has 1 fully saturated rings. The molecular formula is C8H13NO4. The van der Waals surface area contributed by atoms with Crippen molar-refractivity contribution in [2.24, 2.45) is 5.92 Å². The maximum atomic E-state index is 10.5. The van der Waals surface area contributed by atoms with Crippen LogP contribution in [0.5, 0.6) is 0 Å². The Morgan fingerprint density at radius 2 is 1.62 bits per heavy atom. The molecule has 0 radical (unpaired) electrons. The van der Waals surface area contributed by atoms with E-state index in [0.717, 1.165) is 25.9 Å². The predicted octanol–water partition coefficient (Wildman–Crippen LogP) is -0.132. The second-order valence-electron chi connectivity index (χ2n) is 3.24. The van der Waals surface area contributed by atoms with Crippen LogP contribution in [0.4, 0.5) is 0 Å². The van der Waals surface area contributed by atoms with Crippen molar-refractivity contribution in [3.8, 4) is 0 Å². The summed E-state index contributed by atoms with van der Waals surface area (Å²) in [6, 6.07) is 0. The Morgan fingerprint density at radius 1 is 1.15 bits per heavy atom. The molecule has 0 atom stereocenters. The fraction of sp³-hybridized carbons (Fsp3) is 0.750. The quantitative estimate of drug-likeness (QED) is 0.599. The number of hydrogen-bond donors (Lipinski definition) is 2. The molecule has 2 N–H and O–H groups in total. The molecule has 0 bridgehead atoms. The molecule has 1 aliphatic heterocycles. The number of carbonyl (C=O) groups is 2. The fourth-order valence-electron chi connectivity index (χ4n) is 1.49. The van der Waals surface area contributed by atoms with E-state index in [-0.39, 0.29) is 6.54 Å². The van der Waals surface area contributed by atoms with Crippen molar-refractivity contribution in [2.45, 2.75) is 12.8 Å². The van der Waals surface area contributed by atoms with Crippen molar-refractivity contribution in [2.75, 3.05) is 19.6 Å². The largest absolute Gasteiger partial charge is 0.481 e. The smallest absolute Gasteiger partial charge is 0.319 e. The SMILES string of the molecule is O=C(O)C(CN1CCCC1)C(=O)O. The normalized spacial score (nSPS) is 17.9. The Hall–Kier alpha value is -1.10. The van der Waals surface area contributed by atoms with E-state index in [1.807, 2.05) is 4.90 Å². The summed E-state index contributed by atoms with van der Waals surface area (Å²) in [4.78, 5) is 22.9. The van der Waals surface area contributed by atoms with E-state index in [9.17, 15) is 9.59 Å². The lowest BCUT2D eigenvalue weighted by Gasteiger charge is -2.16. The first-order valence-electron chi connectivity index (χ1n) is 4.29. The van der Waals surface area contributed by atoms with E-state index < -0.39 is 17.9 Å². The monoisotopic (exact) mass is 187 g/mol. The minimum atomic E-state index is -1.28. The highest BCUT2D eigenvalue weighted by Gasteiger charge is 2.28. The average molecular weight is 187 g/mol. The minimum absolute atomic E-state index is 0.130. The van der Waals surface area contributed by atoms with Gasteiger partial charge in [-0.15, -0.1) is 0 Å². The lowest BCUT2D eigenvalue weighted by atomic mass is 10.1. The molecule has 0 saturated carbocycles. The van der Waals surface area contributed by atoms with Gasteiger partial charge in [0.1, 0.15) is 0 Å². The Balaban J connectivity index is 2.46. The number of rotatable bonds is 4. The number of nitrogens with zero attached hydrogens (tertiary/aromatic N) is 1. The molecule has 1 rings (SSSR count). The maximum absolute atomic E-state index is 10.5. The summed E-state index contributed by atoms with van der Waals surface area (Å²) in [5, 5.41) is 17.2. The Labute approximate surface area is 76.0 Å². The molecule has 0 aliphatic carbocycles. The lowest BCUT2D eigenvalue weighted by molar-refractivity contribution is -0.155. The number of likely N-dealkylation sites (tertiary alicyclic amines) is 1. The molecule has 5 heteroatoms. The summed E-state index contributed by atoms with van der Waals surface area (Å²) >= 11 is 0. The van der Waals surface area contributed by atoms with Crippen LogP contribution in [0.2, 0.25) is 0 Å². The average Bonchev–Trinajstić information content (AvgIpc) is 2.50. The molecule has 0 aromatic carbocycles. The van der Waals surface area contributed by atoms with E-state index in [1.165, 1.54) is 0 Å². The highest BCUT2D eigenvalue weighted by molar-refractivity contribution is 5.93. The van der Waals surface area contributed by atoms with Gasteiger partial charge in [0.25, 0.3) is 0 Å². The highest BCUT2D eigenvalue weighted by Crippen LogP contribution is 2.10. The van der Waals surface area contributed by atoms with Crippen LogP contribution in [-0.2, 0) is 9.59 Å². The number of aliphatic carboxylic acids is 2. The zero-order valence-corrected chi connectivity index (χ0v) is 7.27. The van der Waals surface area contributed by atoms with E-state index in [2.05, 4.69) is 0 Å². The van der Waals surface area contributed by atoms with Crippen LogP contribution in [0, 0.1) is 5.92 Å². The third kappa shape index (κ3) is 2.69. The van der Waals surface area contributed by atoms with Crippen LogP contribution in [0.25, 0.3) is 0 Å². The Morgan fingerprint density at radius 3 is 2.00 bits per heavy atom. The van der Waals surface area contributed by atoms with Crippen LogP contribution in [0.3, 0.4) is 0 Å². The number of hydrogen-bond acceptors (Lipinski definition) is 3. The highest BCUT2D eigenvalue weighted by atomic mass is 16.4. The van der Waals surface area contributed by atoms with Gasteiger partial charge in [-0.25, -0.2) is 0 Å². The van der Waals surface area contributed by atoms with Crippen molar-refractivity contribution in [3.63, 3.8) is 0 Å². The number of carboxylic acid groups (broad SMARTS) is 2. The van der Waals surface area contributed by atoms with Crippen molar-refractivity contribution < 1.29 is 19.8 Å². The maximum Gasteiger partial charge on any atom is 0.319 e. The van der Waals surface area contributed by atoms with Gasteiger partial charge in [0.05, 0.1) is 0 Å². The summed E-state index contributed by atoms with van der Waals surface area (Å²) < 4.78 is 0. The molecule has 1 saturated heterocycles. The topological polar surface area (TPSA) is 77.8 Å². The van der Waals surface area contributed by atoms with Crippen molar-refractivity contribution >= 4 is 11.9 Å². The second kappa shape index (κ2) is 4.23. The summed E-state index contributed by atoms with van der Waals surface area (Å²) in [6.45, 7) is 1.76. The molecule has 0 aromatic rings. The van der Waals surface area contributed by atoms with Gasteiger partial charge in [0.15, 0.2) is 5.92 Å². The van der Waals surface area contributed by atoms with Crippen molar-refractivity contribution in [3.05, 3.63) is 0 Å². The molecule has 0 amide bonds. The first kappa shape index (κ1) is 9.98. The molecule has 0 unspecified atom stereocenters. The lowest BCUT2D eigenvalue weighted by Crippen LogP contribution is -2.36. The van der Waals surface area contributed by atoms with Gasteiger partial charge in [0, 0.05) is 6.54 Å². The third-order valence-corrected chi connectivity index (χ3v) is 2.24. The first-order valence-corrected chi connectivity index (χ1v) is 4.29. The van der Waals surface area contributed by atoms with E-state index in [4.69, 9.17) is 10.2 Å². The van der Waals surface area contributed by atoms with Gasteiger partial charge in [0.2, 0.25) is 0 Å². The molecule has 1 heterocycles. The molecule has 1 aliphatic rings. The van der Waals surface area contributed by atoms with Crippen LogP contribution in [0.15, 0.2) is 0 Å². The standard InChI is InChI=1S/C8H13NO4/c10-7(11)6(8(12)13)5-9-3-1-2-4-9/h6H,1-5H2,(H,10,11)(H,12,13). The van der Waals surface area contributed by atoms with E-state index >= 15 is 0 Å². The zero-order valence-electron chi connectivity index (χ0n) is 7.27. The van der Waals surface area contributed by atoms with Gasteiger partial charge in [-0.1, -0.05) is 0 Å². The van der Waals surface area contributed by atoms with Gasteiger partial charge >= 0.3 is 11.9 Å². The van der Waals surface area contributed by atoms with Crippen LogP contribution in [0.1, 0.15) is 12.8 Å². The van der Waals surface area contributed by atoms with Gasteiger partial charge in [-0.2, -0.15) is 0 Å². The summed E-state index contributed by atoms with van der Waals surface area (Å²) in [5.74, 6) is -3.78. The van der Waals surface area contributed by atoms with Crippen LogP contribution in [-0.4, -0.2) is 46.7 Å². The third-order valence-electron chi connectivity index (χ3n) is 2.24. The summed E-state index contributed by atoms with van der Waals surface area (Å²) in [6.07, 6.45) is 2.07. The molecule has 0 aromatic heterocycles. The predicted molar refractivity (Wildman–Crippen MR) is 44.4 cm³/mol. The van der Waals surface area contributed by atoms with Crippen molar-refractivity contribution in [1.29, 1.82) is 0 Å². The number of carboxylic acids is 2. The summed E-state index contributed by atoms with van der Waals surface area (Å²) in [7, 11) is 0. The van der Waals surface area contributed by atoms with E-state index in [1.54, 1.807) is 0 Å². The molecule has 0 spiro atoms. The van der Waals surface area contributed by atoms with E-state index in [0.29, 0.717) is 0 Å². The van der Waals surface area contributed by atoms with Crippen molar-refractivity contribution in [1.82, 2.24) is 4.90 Å². The Kier molecular flexibility index (Phi) is 3.25. The Bertz CT molecular complexity index is 196. The molecule has 5 nitrogen and oxygen atoms in total. The second-order valence-corrected chi connectivity index (χ2v) is 3.24. The fourth-order valence-corrected chi connectivity index (χ4v) is 1.49. The first-order chi connectivity index (χ1) is 6.11. The van der Waals surface area contributed by atoms with Gasteiger partial charge in [-0.05, 0) is 25.9 Å². The zero-order chi connectivity index (χ0) is 9.84. The molecule has 74 valence electrons. The summed E-state index contributed by atoms with van der Waals surface area (Å²) in [5.41, 5.74) is 0. The van der Waals surface area contributed by atoms with Crippen LogP contribution < -0.4 is 0 Å². The molecular weight excluding hydrogens is 174 g/mol.